The maximum absolute atomic E-state index is 13.3. The van der Waals surface area contributed by atoms with Crippen LogP contribution >= 0.6 is 15.9 Å². The summed E-state index contributed by atoms with van der Waals surface area (Å²) in [7, 11) is 0. The first-order valence-electron chi connectivity index (χ1n) is 11.0. The molecule has 1 atom stereocenters. The van der Waals surface area contributed by atoms with Crippen molar-refractivity contribution in [1.29, 1.82) is 0 Å². The maximum Gasteiger partial charge on any atom is 0.202 e. The Morgan fingerprint density at radius 3 is 2.48 bits per heavy atom. The van der Waals surface area contributed by atoms with Crippen molar-refractivity contribution in [3.8, 4) is 0 Å². The highest BCUT2D eigenvalue weighted by Gasteiger charge is 2.28. The van der Waals surface area contributed by atoms with Crippen LogP contribution in [-0.2, 0) is 0 Å². The van der Waals surface area contributed by atoms with Gasteiger partial charge in [0.1, 0.15) is 5.58 Å². The normalized spacial score (nSPS) is 17.0. The number of fused-ring (bicyclic) bond motifs is 1. The van der Waals surface area contributed by atoms with Crippen LogP contribution in [0.25, 0.3) is 11.0 Å². The van der Waals surface area contributed by atoms with E-state index in [1.54, 1.807) is 0 Å². The largest absolute Gasteiger partial charge is 0.440 e. The van der Waals surface area contributed by atoms with Crippen LogP contribution in [0.4, 0.5) is 11.6 Å². The third kappa shape index (κ3) is 4.38. The Labute approximate surface area is 192 Å². The van der Waals surface area contributed by atoms with Crippen molar-refractivity contribution in [1.82, 2.24) is 0 Å². The molecule has 0 saturated carbocycles. The predicted octanol–water partition coefficient (Wildman–Crippen LogP) is 6.97. The van der Waals surface area contributed by atoms with E-state index in [0.717, 1.165) is 53.1 Å². The summed E-state index contributed by atoms with van der Waals surface area (Å²) in [5.74, 6) is 0.728. The number of nitrogens with one attached hydrogen (secondary N) is 1. The molecule has 31 heavy (non-hydrogen) atoms. The number of aryl methyl sites for hydroxylation is 1. The minimum absolute atomic E-state index is 0.0277. The summed E-state index contributed by atoms with van der Waals surface area (Å²) in [5.41, 5.74) is 4.87. The third-order valence-electron chi connectivity index (χ3n) is 6.48. The molecule has 0 spiro atoms. The zero-order valence-electron chi connectivity index (χ0n) is 19.0. The first-order valence-corrected chi connectivity index (χ1v) is 11.8. The monoisotopic (exact) mass is 482 g/mol. The first-order chi connectivity index (χ1) is 14.7. The van der Waals surface area contributed by atoms with E-state index in [0.29, 0.717) is 21.9 Å². The van der Waals surface area contributed by atoms with Crippen LogP contribution in [0.1, 0.15) is 56.3 Å². The van der Waals surface area contributed by atoms with Crippen LogP contribution in [0.5, 0.6) is 0 Å². The van der Waals surface area contributed by atoms with Gasteiger partial charge in [-0.3, -0.25) is 4.79 Å². The molecule has 0 aliphatic carbocycles. The Kier molecular flexibility index (Phi) is 5.91. The van der Waals surface area contributed by atoms with Gasteiger partial charge in [-0.1, -0.05) is 32.0 Å². The van der Waals surface area contributed by atoms with Gasteiger partial charge in [0.05, 0.1) is 17.0 Å². The Bertz CT molecular complexity index is 1170. The summed E-state index contributed by atoms with van der Waals surface area (Å²) in [6.07, 6.45) is 2.18. The smallest absolute Gasteiger partial charge is 0.202 e. The molecule has 2 aromatic carbocycles. The molecule has 0 radical (unpaired) electrons. The van der Waals surface area contributed by atoms with Gasteiger partial charge in [-0.25, -0.2) is 0 Å². The van der Waals surface area contributed by atoms with Gasteiger partial charge in [0.15, 0.2) is 5.43 Å². The number of hydrogen-bond acceptors (Lipinski definition) is 4. The topological polar surface area (TPSA) is 45.5 Å². The SMILES string of the molecule is Cc1cc([C@@H](C)Nc2ccccc2Br)c2oc(N3CCC(C)(C)CC3)c(C)c(=O)c2c1. The van der Waals surface area contributed by atoms with Crippen molar-refractivity contribution in [3.63, 3.8) is 0 Å². The Balaban J connectivity index is 1.80. The molecule has 4 nitrogen and oxygen atoms in total. The lowest BCUT2D eigenvalue weighted by Crippen LogP contribution is -2.38. The van der Waals surface area contributed by atoms with Gasteiger partial charge in [0.25, 0.3) is 0 Å². The van der Waals surface area contributed by atoms with E-state index < -0.39 is 0 Å². The van der Waals surface area contributed by atoms with Gasteiger partial charge in [0, 0.05) is 28.8 Å². The Hall–Kier alpha value is -2.27. The molecular formula is C26H31BrN2O2. The average Bonchev–Trinajstić information content (AvgIpc) is 2.72. The van der Waals surface area contributed by atoms with E-state index in [1.165, 1.54) is 0 Å². The lowest BCUT2D eigenvalue weighted by Gasteiger charge is -2.37. The van der Waals surface area contributed by atoms with E-state index in [1.807, 2.05) is 44.2 Å². The van der Waals surface area contributed by atoms with E-state index in [4.69, 9.17) is 4.42 Å². The lowest BCUT2D eigenvalue weighted by atomic mass is 9.82. The molecule has 1 N–H and O–H groups in total. The number of benzene rings is 2. The van der Waals surface area contributed by atoms with Gasteiger partial charge < -0.3 is 14.6 Å². The van der Waals surface area contributed by atoms with Crippen molar-refractivity contribution < 1.29 is 4.42 Å². The molecule has 1 aliphatic heterocycles. The van der Waals surface area contributed by atoms with Crippen LogP contribution in [0.2, 0.25) is 0 Å². The molecule has 5 heteroatoms. The number of nitrogens with zero attached hydrogens (tertiary/aromatic N) is 1. The number of piperidine rings is 1. The number of para-hydroxylation sites is 1. The fourth-order valence-corrected chi connectivity index (χ4v) is 4.78. The molecule has 0 bridgehead atoms. The Morgan fingerprint density at radius 2 is 1.81 bits per heavy atom. The molecule has 1 fully saturated rings. The molecule has 1 aromatic heterocycles. The number of rotatable bonds is 4. The summed E-state index contributed by atoms with van der Waals surface area (Å²) in [6, 6.07) is 12.1. The highest BCUT2D eigenvalue weighted by molar-refractivity contribution is 9.10. The molecule has 3 aromatic rings. The highest BCUT2D eigenvalue weighted by Crippen LogP contribution is 2.36. The second kappa shape index (κ2) is 8.34. The van der Waals surface area contributed by atoms with Crippen LogP contribution in [0.3, 0.4) is 0 Å². The maximum atomic E-state index is 13.3. The van der Waals surface area contributed by atoms with Crippen LogP contribution in [0.15, 0.2) is 50.1 Å². The van der Waals surface area contributed by atoms with Gasteiger partial charge >= 0.3 is 0 Å². The fraction of sp³-hybridized carbons (Fsp3) is 0.423. The van der Waals surface area contributed by atoms with Gasteiger partial charge in [-0.15, -0.1) is 0 Å². The standard InChI is InChI=1S/C26H31BrN2O2/c1-16-14-19(18(3)28-22-9-7-6-8-21(22)27)24-20(15-16)23(30)17(2)25(31-24)29-12-10-26(4,5)11-13-29/h6-9,14-15,18,28H,10-13H2,1-5H3/t18-/m1/s1. The second-order valence-corrected chi connectivity index (χ2v) is 10.4. The summed E-state index contributed by atoms with van der Waals surface area (Å²) in [5, 5.41) is 4.23. The lowest BCUT2D eigenvalue weighted by molar-refractivity contribution is 0.274. The fourth-order valence-electron chi connectivity index (χ4n) is 4.38. The molecule has 0 amide bonds. The first kappa shape index (κ1) is 21.9. The average molecular weight is 483 g/mol. The number of halogens is 1. The Morgan fingerprint density at radius 1 is 1.13 bits per heavy atom. The van der Waals surface area contributed by atoms with Crippen molar-refractivity contribution in [3.05, 3.63) is 67.8 Å². The molecular weight excluding hydrogens is 452 g/mol. The van der Waals surface area contributed by atoms with Crippen molar-refractivity contribution >= 4 is 38.5 Å². The zero-order chi connectivity index (χ0) is 22.3. The van der Waals surface area contributed by atoms with Crippen LogP contribution in [0, 0.1) is 19.3 Å². The molecule has 1 aliphatic rings. The summed E-state index contributed by atoms with van der Waals surface area (Å²) < 4.78 is 7.54. The minimum atomic E-state index is -0.0277. The molecule has 1 saturated heterocycles. The van der Waals surface area contributed by atoms with E-state index in [2.05, 4.69) is 53.0 Å². The van der Waals surface area contributed by atoms with Crippen molar-refractivity contribution in [2.24, 2.45) is 5.41 Å². The van der Waals surface area contributed by atoms with Gasteiger partial charge in [0.2, 0.25) is 5.88 Å². The molecule has 2 heterocycles. The molecule has 4 rings (SSSR count). The van der Waals surface area contributed by atoms with E-state index >= 15 is 0 Å². The zero-order valence-corrected chi connectivity index (χ0v) is 20.6. The van der Waals surface area contributed by atoms with Gasteiger partial charge in [-0.2, -0.15) is 0 Å². The predicted molar refractivity (Wildman–Crippen MR) is 133 cm³/mol. The van der Waals surface area contributed by atoms with E-state index in [-0.39, 0.29) is 11.5 Å². The third-order valence-corrected chi connectivity index (χ3v) is 7.17. The van der Waals surface area contributed by atoms with Gasteiger partial charge in [-0.05, 0) is 78.7 Å². The van der Waals surface area contributed by atoms with E-state index in [9.17, 15) is 4.79 Å². The quantitative estimate of drug-likeness (QED) is 0.435. The van der Waals surface area contributed by atoms with Crippen LogP contribution < -0.4 is 15.6 Å². The van der Waals surface area contributed by atoms with Crippen molar-refractivity contribution in [2.45, 2.75) is 53.5 Å². The molecule has 164 valence electrons. The number of anilines is 2. The summed E-state index contributed by atoms with van der Waals surface area (Å²) >= 11 is 3.61. The van der Waals surface area contributed by atoms with Crippen molar-refractivity contribution in [2.75, 3.05) is 23.3 Å². The summed E-state index contributed by atoms with van der Waals surface area (Å²) in [4.78, 5) is 15.6. The molecule has 0 unspecified atom stereocenters. The van der Waals surface area contributed by atoms with Crippen LogP contribution in [-0.4, -0.2) is 13.1 Å². The number of hydrogen-bond donors (Lipinski definition) is 1. The highest BCUT2D eigenvalue weighted by atomic mass is 79.9. The second-order valence-electron chi connectivity index (χ2n) is 9.59. The summed E-state index contributed by atoms with van der Waals surface area (Å²) in [6.45, 7) is 12.5. The minimum Gasteiger partial charge on any atom is -0.440 e.